The van der Waals surface area contributed by atoms with Crippen molar-refractivity contribution in [3.63, 3.8) is 0 Å². The third-order valence-corrected chi connectivity index (χ3v) is 4.66. The molecule has 0 bridgehead atoms. The minimum atomic E-state index is -9.81. The molecule has 0 aliphatic carbocycles. The molecular weight excluding hydrogens is 371 g/mol. The minimum absolute atomic E-state index is 0.0175. The van der Waals surface area contributed by atoms with Crippen LogP contribution in [-0.4, -0.2) is 12.4 Å². The van der Waals surface area contributed by atoms with Crippen LogP contribution in [0.3, 0.4) is 0 Å². The average molecular weight is 390 g/mol. The zero-order valence-corrected chi connectivity index (χ0v) is 14.9. The molecule has 0 atom stereocenters. The lowest BCUT2D eigenvalue weighted by Gasteiger charge is -2.48. The summed E-state index contributed by atoms with van der Waals surface area (Å²) in [5, 5.41) is 0. The van der Waals surface area contributed by atoms with E-state index in [0.29, 0.717) is 0 Å². The van der Waals surface area contributed by atoms with Gasteiger partial charge in [0.05, 0.1) is 6.61 Å². The molecule has 2 aromatic carbocycles. The van der Waals surface area contributed by atoms with Gasteiger partial charge >= 0.3 is 0 Å². The van der Waals surface area contributed by atoms with E-state index in [1.807, 2.05) is 0 Å². The third kappa shape index (κ3) is 5.75. The summed E-state index contributed by atoms with van der Waals surface area (Å²) in [7, 11) is -9.81. The molecule has 0 aliphatic rings. The van der Waals surface area contributed by atoms with Crippen molar-refractivity contribution < 1.29 is 24.2 Å². The molecule has 0 radical (unpaired) electrons. The van der Waals surface area contributed by atoms with Crippen LogP contribution in [0.25, 0.3) is 0 Å². The number of ether oxygens (including phenoxy) is 1. The van der Waals surface area contributed by atoms with E-state index in [1.165, 1.54) is 48.5 Å². The predicted octanol–water partition coefficient (Wildman–Crippen LogP) is 6.66. The van der Waals surface area contributed by atoms with Crippen LogP contribution in [-0.2, 0) is 10.3 Å². The molecule has 0 saturated heterocycles. The minimum Gasteiger partial charge on any atom is -0.363 e. The summed E-state index contributed by atoms with van der Waals surface area (Å²) in [6, 6.07) is 14.6. The van der Waals surface area contributed by atoms with Gasteiger partial charge in [0.2, 0.25) is 0 Å². The smallest absolute Gasteiger partial charge is 0.289 e. The topological polar surface area (TPSA) is 9.23 Å². The maximum atomic E-state index is 13.5. The largest absolute Gasteiger partial charge is 0.363 e. The van der Waals surface area contributed by atoms with Crippen LogP contribution in [0.15, 0.2) is 60.7 Å². The van der Waals surface area contributed by atoms with Gasteiger partial charge in [0.15, 0.2) is 0 Å². The first-order valence-electron chi connectivity index (χ1n) is 7.83. The van der Waals surface area contributed by atoms with Gasteiger partial charge in [0, 0.05) is 6.42 Å². The lowest BCUT2D eigenvalue weighted by molar-refractivity contribution is -0.00326. The van der Waals surface area contributed by atoms with E-state index >= 15 is 0 Å². The van der Waals surface area contributed by atoms with Crippen molar-refractivity contribution in [2.75, 3.05) is 12.4 Å². The van der Waals surface area contributed by atoms with E-state index in [0.717, 1.165) is 0 Å². The number of hydrogen-bond acceptors (Lipinski definition) is 1. The molecule has 0 unspecified atom stereocenters. The Bertz CT molecular complexity index is 753. The van der Waals surface area contributed by atoms with E-state index in [4.69, 9.17) is 4.74 Å². The molecule has 0 aromatic heterocycles. The molecule has 0 spiro atoms. The van der Waals surface area contributed by atoms with Crippen LogP contribution < -0.4 is 0 Å². The van der Waals surface area contributed by atoms with Crippen molar-refractivity contribution in [1.82, 2.24) is 0 Å². The van der Waals surface area contributed by atoms with Gasteiger partial charge in [0.25, 0.3) is 10.2 Å². The Hall–Kier alpha value is -2.04. The summed E-state index contributed by atoms with van der Waals surface area (Å²) in [6.45, 7) is 1.37. The Kier molecular flexibility index (Phi) is 5.15. The van der Waals surface area contributed by atoms with Crippen molar-refractivity contribution in [2.24, 2.45) is 0 Å². The summed E-state index contributed by atoms with van der Waals surface area (Å²) in [5.41, 5.74) is -2.31. The number of halogens is 5. The van der Waals surface area contributed by atoms with E-state index in [9.17, 15) is 19.4 Å². The highest BCUT2D eigenvalue weighted by Crippen LogP contribution is 2.98. The van der Waals surface area contributed by atoms with Crippen LogP contribution in [0.2, 0.25) is 0 Å². The first-order valence-corrected chi connectivity index (χ1v) is 9.95. The molecule has 2 aromatic rings. The molecule has 2 rings (SSSR count). The molecule has 26 heavy (non-hydrogen) atoms. The second-order valence-corrected chi connectivity index (χ2v) is 8.40. The number of benzene rings is 2. The summed E-state index contributed by atoms with van der Waals surface area (Å²) in [6.07, 6.45) is 0.137. The SMILES string of the molecule is CC#CCCOC(CS(F)(F)(F)(F)F)(c1ccccc1)c1ccccc1. The van der Waals surface area contributed by atoms with Gasteiger partial charge in [-0.15, -0.1) is 11.8 Å². The Morgan fingerprint density at radius 3 is 1.69 bits per heavy atom. The second kappa shape index (κ2) is 6.60. The quantitative estimate of drug-likeness (QED) is 0.292. The fourth-order valence-electron chi connectivity index (χ4n) is 2.74. The molecule has 0 amide bonds. The van der Waals surface area contributed by atoms with Gasteiger partial charge in [-0.05, 0) is 18.1 Å². The standard InChI is InChI=1S/C19H19F5OS/c1-2-3-10-15-25-19(16-26(20,21,22,23)24,17-11-6-4-7-12-17)18-13-8-5-9-14-18/h4-9,11-14H,10,15-16H2,1H3. The van der Waals surface area contributed by atoms with Crippen molar-refractivity contribution >= 4 is 10.2 Å². The van der Waals surface area contributed by atoms with E-state index in [1.54, 1.807) is 19.1 Å². The van der Waals surface area contributed by atoms with Crippen LogP contribution in [0.4, 0.5) is 19.4 Å². The maximum absolute atomic E-state index is 13.5. The zero-order valence-electron chi connectivity index (χ0n) is 14.1. The second-order valence-electron chi connectivity index (χ2n) is 5.86. The first-order chi connectivity index (χ1) is 12.0. The molecule has 0 N–H and O–H groups in total. The Balaban J connectivity index is 2.64. The van der Waals surface area contributed by atoms with Gasteiger partial charge in [-0.2, -0.15) is 0 Å². The van der Waals surface area contributed by atoms with Crippen LogP contribution in [0.1, 0.15) is 24.5 Å². The van der Waals surface area contributed by atoms with E-state index in [-0.39, 0.29) is 24.2 Å². The van der Waals surface area contributed by atoms with Crippen molar-refractivity contribution in [1.29, 1.82) is 0 Å². The monoisotopic (exact) mass is 390 g/mol. The van der Waals surface area contributed by atoms with Gasteiger partial charge in [0.1, 0.15) is 11.4 Å². The summed E-state index contributed by atoms with van der Waals surface area (Å²) < 4.78 is 73.3. The van der Waals surface area contributed by atoms with Gasteiger partial charge in [-0.1, -0.05) is 80.1 Å². The molecule has 0 heterocycles. The molecule has 0 fully saturated rings. The number of hydrogen-bond donors (Lipinski definition) is 0. The fourth-order valence-corrected chi connectivity index (χ4v) is 3.93. The Labute approximate surface area is 149 Å². The lowest BCUT2D eigenvalue weighted by atomic mass is 9.87. The van der Waals surface area contributed by atoms with E-state index < -0.39 is 21.6 Å². The number of rotatable bonds is 7. The fraction of sp³-hybridized carbons (Fsp3) is 0.263. The molecular formula is C19H19F5OS. The van der Waals surface area contributed by atoms with Crippen LogP contribution >= 0.6 is 10.2 Å². The van der Waals surface area contributed by atoms with Crippen molar-refractivity contribution in [3.8, 4) is 11.8 Å². The van der Waals surface area contributed by atoms with Gasteiger partial charge in [-0.3, -0.25) is 0 Å². The lowest BCUT2D eigenvalue weighted by Crippen LogP contribution is -2.40. The first kappa shape index (κ1) is 20.3. The summed E-state index contributed by atoms with van der Waals surface area (Å²) in [4.78, 5) is 0. The van der Waals surface area contributed by atoms with E-state index in [2.05, 4.69) is 11.8 Å². The van der Waals surface area contributed by atoms with Crippen molar-refractivity contribution in [2.45, 2.75) is 18.9 Å². The average Bonchev–Trinajstić information content (AvgIpc) is 2.57. The van der Waals surface area contributed by atoms with Crippen molar-refractivity contribution in [3.05, 3.63) is 71.8 Å². The van der Waals surface area contributed by atoms with Gasteiger partial charge < -0.3 is 4.74 Å². The summed E-state index contributed by atoms with van der Waals surface area (Å²) in [5.74, 6) is 2.90. The summed E-state index contributed by atoms with van der Waals surface area (Å²) >= 11 is 0. The maximum Gasteiger partial charge on any atom is 0.289 e. The van der Waals surface area contributed by atoms with Crippen LogP contribution in [0, 0.1) is 11.8 Å². The third-order valence-electron chi connectivity index (χ3n) is 3.71. The molecule has 142 valence electrons. The molecule has 0 aliphatic heterocycles. The van der Waals surface area contributed by atoms with Gasteiger partial charge in [-0.25, -0.2) is 0 Å². The van der Waals surface area contributed by atoms with Crippen LogP contribution in [0.5, 0.6) is 0 Å². The highest BCUT2D eigenvalue weighted by molar-refractivity contribution is 8.45. The predicted molar refractivity (Wildman–Crippen MR) is 95.7 cm³/mol. The normalized spacial score (nSPS) is 14.7. The zero-order chi connectivity index (χ0) is 19.4. The molecule has 1 nitrogen and oxygen atoms in total. The molecule has 0 saturated carbocycles. The highest BCUT2D eigenvalue weighted by atomic mass is 32.5. The molecule has 7 heteroatoms. The highest BCUT2D eigenvalue weighted by Gasteiger charge is 2.68. The Morgan fingerprint density at radius 2 is 1.31 bits per heavy atom. The Morgan fingerprint density at radius 1 is 0.846 bits per heavy atom.